The molecular weight excluding hydrogens is 324 g/mol. The highest BCUT2D eigenvalue weighted by Crippen LogP contribution is 2.07. The van der Waals surface area contributed by atoms with Gasteiger partial charge >= 0.3 is 6.03 Å². The molecule has 1 saturated heterocycles. The van der Waals surface area contributed by atoms with Crippen LogP contribution in [0.2, 0.25) is 0 Å². The number of nitrogens with one attached hydrogen (secondary N) is 4. The van der Waals surface area contributed by atoms with Crippen LogP contribution in [0.4, 0.5) is 10.7 Å². The van der Waals surface area contributed by atoms with Crippen LogP contribution in [0.15, 0.2) is 10.9 Å². The molecule has 0 spiro atoms. The van der Waals surface area contributed by atoms with Crippen LogP contribution >= 0.6 is 0 Å². The molecule has 1 aliphatic rings. The standard InChI is InChI=1S/C16H28N6O3/c1-12-10-13(23)20-14(19-12)17-4-5-18-15(24)21-16(2,3)11-22-6-8-25-9-7-22/h10H,4-9,11H2,1-3H3,(H2,18,21,24)(H2,17,19,20,23). The Kier molecular flexibility index (Phi) is 6.77. The van der Waals surface area contributed by atoms with Crippen LogP contribution in [-0.4, -0.2) is 72.4 Å². The smallest absolute Gasteiger partial charge is 0.315 e. The minimum atomic E-state index is -0.335. The van der Waals surface area contributed by atoms with E-state index in [1.54, 1.807) is 6.92 Å². The molecular formula is C16H28N6O3. The summed E-state index contributed by atoms with van der Waals surface area (Å²) in [6.45, 7) is 10.7. The maximum Gasteiger partial charge on any atom is 0.315 e. The summed E-state index contributed by atoms with van der Waals surface area (Å²) in [6.07, 6.45) is 0. The van der Waals surface area contributed by atoms with Gasteiger partial charge in [0.15, 0.2) is 0 Å². The van der Waals surface area contributed by atoms with E-state index in [4.69, 9.17) is 4.74 Å². The van der Waals surface area contributed by atoms with Crippen LogP contribution < -0.4 is 21.5 Å². The molecule has 2 rings (SSSR count). The zero-order chi connectivity index (χ0) is 18.3. The Hall–Kier alpha value is -2.13. The minimum Gasteiger partial charge on any atom is -0.379 e. The molecule has 0 atom stereocenters. The molecule has 0 saturated carbocycles. The van der Waals surface area contributed by atoms with Crippen molar-refractivity contribution in [3.8, 4) is 0 Å². The predicted molar refractivity (Wildman–Crippen MR) is 96.0 cm³/mol. The number of carbonyl (C=O) groups excluding carboxylic acids is 1. The van der Waals surface area contributed by atoms with Gasteiger partial charge in [-0.15, -0.1) is 0 Å². The molecule has 1 aliphatic heterocycles. The summed E-state index contributed by atoms with van der Waals surface area (Å²) in [5.41, 5.74) is 0.102. The number of hydrogen-bond acceptors (Lipinski definition) is 6. The fraction of sp³-hybridized carbons (Fsp3) is 0.688. The van der Waals surface area contributed by atoms with E-state index in [9.17, 15) is 9.59 Å². The van der Waals surface area contributed by atoms with Crippen LogP contribution in [0.25, 0.3) is 0 Å². The van der Waals surface area contributed by atoms with Crippen molar-refractivity contribution in [1.29, 1.82) is 0 Å². The number of morpholine rings is 1. The fourth-order valence-corrected chi connectivity index (χ4v) is 2.73. The first-order valence-electron chi connectivity index (χ1n) is 8.52. The molecule has 1 fully saturated rings. The number of urea groups is 1. The van der Waals surface area contributed by atoms with Gasteiger partial charge in [0.1, 0.15) is 0 Å². The highest BCUT2D eigenvalue weighted by molar-refractivity contribution is 5.74. The monoisotopic (exact) mass is 352 g/mol. The first-order chi connectivity index (χ1) is 11.8. The molecule has 0 aliphatic carbocycles. The van der Waals surface area contributed by atoms with Crippen molar-refractivity contribution >= 4 is 12.0 Å². The van der Waals surface area contributed by atoms with Gasteiger partial charge in [-0.25, -0.2) is 9.78 Å². The summed E-state index contributed by atoms with van der Waals surface area (Å²) in [4.78, 5) is 32.4. The van der Waals surface area contributed by atoms with Crippen molar-refractivity contribution in [2.24, 2.45) is 0 Å². The lowest BCUT2D eigenvalue weighted by molar-refractivity contribution is 0.0280. The third-order valence-electron chi connectivity index (χ3n) is 3.75. The molecule has 0 unspecified atom stereocenters. The Balaban J connectivity index is 1.68. The lowest BCUT2D eigenvalue weighted by Gasteiger charge is -2.35. The van der Waals surface area contributed by atoms with Gasteiger partial charge in [-0.2, -0.15) is 0 Å². The number of H-pyrrole nitrogens is 1. The Bertz CT molecular complexity index is 625. The number of nitrogens with zero attached hydrogens (tertiary/aromatic N) is 2. The molecule has 1 aromatic heterocycles. The third-order valence-corrected chi connectivity index (χ3v) is 3.75. The number of anilines is 1. The van der Waals surface area contributed by atoms with Crippen LogP contribution in [0.1, 0.15) is 19.5 Å². The van der Waals surface area contributed by atoms with E-state index in [0.29, 0.717) is 24.7 Å². The Morgan fingerprint density at radius 3 is 2.76 bits per heavy atom. The summed E-state index contributed by atoms with van der Waals surface area (Å²) < 4.78 is 5.34. The first-order valence-corrected chi connectivity index (χ1v) is 8.52. The first kappa shape index (κ1) is 19.2. The molecule has 25 heavy (non-hydrogen) atoms. The zero-order valence-corrected chi connectivity index (χ0v) is 15.1. The van der Waals surface area contributed by atoms with Gasteiger partial charge in [-0.05, 0) is 20.8 Å². The highest BCUT2D eigenvalue weighted by Gasteiger charge is 2.24. The normalized spacial score (nSPS) is 15.6. The quantitative estimate of drug-likeness (QED) is 0.510. The van der Waals surface area contributed by atoms with E-state index in [2.05, 4.69) is 30.8 Å². The van der Waals surface area contributed by atoms with Crippen LogP contribution in [0, 0.1) is 6.92 Å². The average molecular weight is 352 g/mol. The Morgan fingerprint density at radius 1 is 1.36 bits per heavy atom. The fourth-order valence-electron chi connectivity index (χ4n) is 2.73. The summed E-state index contributed by atoms with van der Waals surface area (Å²) in [6, 6.07) is 1.21. The molecule has 1 aromatic rings. The van der Waals surface area contributed by atoms with Crippen LogP contribution in [0.5, 0.6) is 0 Å². The number of hydrogen-bond donors (Lipinski definition) is 4. The number of aromatic amines is 1. The van der Waals surface area contributed by atoms with E-state index in [0.717, 1.165) is 32.8 Å². The Morgan fingerprint density at radius 2 is 2.08 bits per heavy atom. The molecule has 0 bridgehead atoms. The van der Waals surface area contributed by atoms with Gasteiger partial charge in [0.05, 0.1) is 13.2 Å². The second-order valence-corrected chi connectivity index (χ2v) is 6.82. The summed E-state index contributed by atoms with van der Waals surface area (Å²) >= 11 is 0. The van der Waals surface area contributed by atoms with Crippen molar-refractivity contribution in [1.82, 2.24) is 25.5 Å². The van der Waals surface area contributed by atoms with Crippen molar-refractivity contribution in [3.63, 3.8) is 0 Å². The van der Waals surface area contributed by atoms with Crippen molar-refractivity contribution in [2.75, 3.05) is 51.3 Å². The maximum atomic E-state index is 12.1. The highest BCUT2D eigenvalue weighted by atomic mass is 16.5. The van der Waals surface area contributed by atoms with Crippen molar-refractivity contribution in [2.45, 2.75) is 26.3 Å². The number of aryl methyl sites for hydroxylation is 1. The van der Waals surface area contributed by atoms with Gasteiger partial charge in [0.25, 0.3) is 5.56 Å². The number of amides is 2. The predicted octanol–water partition coefficient (Wildman–Crippen LogP) is -0.0998. The molecule has 0 aromatic carbocycles. The molecule has 140 valence electrons. The summed E-state index contributed by atoms with van der Waals surface area (Å²) in [5.74, 6) is 0.403. The molecule has 4 N–H and O–H groups in total. The Labute approximate surface area is 147 Å². The van der Waals surface area contributed by atoms with Crippen LogP contribution in [0.3, 0.4) is 0 Å². The lowest BCUT2D eigenvalue weighted by atomic mass is 10.1. The number of aromatic nitrogens is 2. The van der Waals surface area contributed by atoms with E-state index >= 15 is 0 Å². The van der Waals surface area contributed by atoms with E-state index in [1.807, 2.05) is 13.8 Å². The van der Waals surface area contributed by atoms with Crippen molar-refractivity contribution < 1.29 is 9.53 Å². The molecule has 2 amide bonds. The van der Waals surface area contributed by atoms with Crippen LogP contribution in [-0.2, 0) is 4.74 Å². The molecule has 0 radical (unpaired) electrons. The summed E-state index contributed by atoms with van der Waals surface area (Å²) in [7, 11) is 0. The van der Waals surface area contributed by atoms with Gasteiger partial charge < -0.3 is 20.7 Å². The van der Waals surface area contributed by atoms with Gasteiger partial charge in [0, 0.05) is 50.0 Å². The molecule has 9 heteroatoms. The third kappa shape index (κ3) is 7.10. The zero-order valence-electron chi connectivity index (χ0n) is 15.1. The van der Waals surface area contributed by atoms with Gasteiger partial charge in [-0.3, -0.25) is 14.7 Å². The van der Waals surface area contributed by atoms with E-state index in [1.165, 1.54) is 6.07 Å². The second-order valence-electron chi connectivity index (χ2n) is 6.82. The maximum absolute atomic E-state index is 12.1. The topological polar surface area (TPSA) is 111 Å². The van der Waals surface area contributed by atoms with Gasteiger partial charge in [0.2, 0.25) is 5.95 Å². The van der Waals surface area contributed by atoms with Gasteiger partial charge in [-0.1, -0.05) is 0 Å². The van der Waals surface area contributed by atoms with Crippen molar-refractivity contribution in [3.05, 3.63) is 22.1 Å². The molecule has 2 heterocycles. The number of ether oxygens (including phenoxy) is 1. The van der Waals surface area contributed by atoms with E-state index < -0.39 is 0 Å². The summed E-state index contributed by atoms with van der Waals surface area (Å²) in [5, 5.41) is 8.77. The SMILES string of the molecule is Cc1cc(=O)[nH]c(NCCNC(=O)NC(C)(C)CN2CCOCC2)n1. The molecule has 9 nitrogen and oxygen atoms in total. The number of rotatable bonds is 7. The second kappa shape index (κ2) is 8.82. The number of carbonyl (C=O) groups is 1. The largest absolute Gasteiger partial charge is 0.379 e. The lowest BCUT2D eigenvalue weighted by Crippen LogP contribution is -2.56. The minimum absolute atomic E-state index is 0.203. The van der Waals surface area contributed by atoms with E-state index in [-0.39, 0.29) is 17.1 Å². The average Bonchev–Trinajstić information content (AvgIpc) is 2.50.